The Morgan fingerprint density at radius 1 is 1.17 bits per heavy atom. The first-order valence-corrected chi connectivity index (χ1v) is 10.2. The van der Waals surface area contributed by atoms with E-state index in [2.05, 4.69) is 10.3 Å². The zero-order valence-corrected chi connectivity index (χ0v) is 14.8. The van der Waals surface area contributed by atoms with Crippen molar-refractivity contribution < 1.29 is 13.2 Å². The van der Waals surface area contributed by atoms with Crippen molar-refractivity contribution in [3.63, 3.8) is 0 Å². The third kappa shape index (κ3) is 3.92. The highest BCUT2D eigenvalue weighted by atomic mass is 32.2. The molecule has 7 nitrogen and oxygen atoms in total. The van der Waals surface area contributed by atoms with Gasteiger partial charge >= 0.3 is 6.03 Å². The molecule has 0 saturated carbocycles. The van der Waals surface area contributed by atoms with Crippen LogP contribution in [0.15, 0.2) is 35.2 Å². The minimum Gasteiger partial charge on any atom is -0.322 e. The van der Waals surface area contributed by atoms with Crippen molar-refractivity contribution in [3.8, 4) is 11.3 Å². The number of aromatic nitrogens is 1. The van der Waals surface area contributed by atoms with Gasteiger partial charge < -0.3 is 10.2 Å². The highest BCUT2D eigenvalue weighted by Crippen LogP contribution is 2.21. The molecule has 1 aromatic carbocycles. The van der Waals surface area contributed by atoms with Crippen molar-refractivity contribution in [1.82, 2.24) is 14.2 Å². The van der Waals surface area contributed by atoms with Crippen LogP contribution in [-0.4, -0.2) is 61.1 Å². The molecule has 0 aliphatic carbocycles. The summed E-state index contributed by atoms with van der Waals surface area (Å²) in [6, 6.07) is 7.27. The lowest BCUT2D eigenvalue weighted by atomic mass is 10.1. The lowest BCUT2D eigenvalue weighted by Crippen LogP contribution is -2.51. The van der Waals surface area contributed by atoms with Crippen LogP contribution in [0.5, 0.6) is 0 Å². The van der Waals surface area contributed by atoms with Crippen LogP contribution in [-0.2, 0) is 10.0 Å². The average molecular weight is 366 g/mol. The smallest absolute Gasteiger partial charge is 0.321 e. The molecule has 2 heterocycles. The molecule has 1 fully saturated rings. The summed E-state index contributed by atoms with van der Waals surface area (Å²) in [4.78, 5) is 18.1. The van der Waals surface area contributed by atoms with E-state index in [1.165, 1.54) is 21.9 Å². The Morgan fingerprint density at radius 3 is 2.38 bits per heavy atom. The third-order valence-corrected chi connectivity index (χ3v) is 5.75. The third-order valence-electron chi connectivity index (χ3n) is 3.86. The fourth-order valence-corrected chi connectivity index (χ4v) is 3.89. The van der Waals surface area contributed by atoms with E-state index in [9.17, 15) is 13.2 Å². The predicted molar refractivity (Wildman–Crippen MR) is 94.6 cm³/mol. The first-order chi connectivity index (χ1) is 11.4. The minimum atomic E-state index is -3.19. The van der Waals surface area contributed by atoms with Crippen molar-refractivity contribution in [3.05, 3.63) is 35.2 Å². The Bertz CT molecular complexity index is 796. The largest absolute Gasteiger partial charge is 0.322 e. The lowest BCUT2D eigenvalue weighted by molar-refractivity contribution is 0.184. The lowest BCUT2D eigenvalue weighted by Gasteiger charge is -2.33. The van der Waals surface area contributed by atoms with Crippen LogP contribution >= 0.6 is 11.3 Å². The summed E-state index contributed by atoms with van der Waals surface area (Å²) in [6.45, 7) is 1.43. The molecule has 1 aliphatic heterocycles. The Hall–Kier alpha value is -1.97. The molecule has 2 amide bonds. The molecule has 1 N–H and O–H groups in total. The first-order valence-electron chi connectivity index (χ1n) is 7.43. The van der Waals surface area contributed by atoms with E-state index in [0.29, 0.717) is 31.9 Å². The number of carbonyl (C=O) groups is 1. The molecule has 0 bridgehead atoms. The van der Waals surface area contributed by atoms with Gasteiger partial charge in [0.05, 0.1) is 17.5 Å². The van der Waals surface area contributed by atoms with Gasteiger partial charge in [-0.05, 0) is 12.1 Å². The van der Waals surface area contributed by atoms with Gasteiger partial charge in [-0.1, -0.05) is 12.1 Å². The predicted octanol–water partition coefficient (Wildman–Crippen LogP) is 1.92. The summed E-state index contributed by atoms with van der Waals surface area (Å²) < 4.78 is 24.4. The standard InChI is InChI=1S/C15H18N4O3S2/c1-24(21,22)19-8-6-18(7-9-19)15(20)17-13-4-2-12(3-5-13)14-10-23-11-16-14/h2-5,10-11H,6-9H2,1H3,(H,17,20). The number of sulfonamides is 1. The topological polar surface area (TPSA) is 82.6 Å². The fourth-order valence-electron chi connectivity index (χ4n) is 2.50. The summed E-state index contributed by atoms with van der Waals surface area (Å²) in [6.07, 6.45) is 1.19. The summed E-state index contributed by atoms with van der Waals surface area (Å²) in [5, 5.41) is 4.81. The number of benzene rings is 1. The summed E-state index contributed by atoms with van der Waals surface area (Å²) in [7, 11) is -3.19. The second kappa shape index (κ2) is 6.88. The van der Waals surface area contributed by atoms with Crippen LogP contribution in [0.3, 0.4) is 0 Å². The number of nitrogens with zero attached hydrogens (tertiary/aromatic N) is 3. The number of nitrogens with one attached hydrogen (secondary N) is 1. The maximum absolute atomic E-state index is 12.3. The van der Waals surface area contributed by atoms with Gasteiger partial charge in [-0.25, -0.2) is 18.2 Å². The normalized spacial score (nSPS) is 16.1. The van der Waals surface area contributed by atoms with Gasteiger partial charge in [0.25, 0.3) is 0 Å². The van der Waals surface area contributed by atoms with Gasteiger partial charge in [0.1, 0.15) is 0 Å². The number of amides is 2. The number of piperazine rings is 1. The molecule has 0 atom stereocenters. The molecule has 3 rings (SSSR count). The number of carbonyl (C=O) groups excluding carboxylic acids is 1. The van der Waals surface area contributed by atoms with E-state index in [1.807, 2.05) is 29.6 Å². The van der Waals surface area contributed by atoms with Gasteiger partial charge in [-0.2, -0.15) is 4.31 Å². The molecule has 24 heavy (non-hydrogen) atoms. The second-order valence-electron chi connectivity index (χ2n) is 5.53. The molecule has 1 aliphatic rings. The van der Waals surface area contributed by atoms with Gasteiger partial charge in [-0.3, -0.25) is 0 Å². The average Bonchev–Trinajstić information content (AvgIpc) is 3.09. The second-order valence-corrected chi connectivity index (χ2v) is 8.23. The van der Waals surface area contributed by atoms with Crippen molar-refractivity contribution in [2.24, 2.45) is 0 Å². The zero-order valence-electron chi connectivity index (χ0n) is 13.2. The molecule has 0 unspecified atom stereocenters. The van der Waals surface area contributed by atoms with Crippen LogP contribution in [0.4, 0.5) is 10.5 Å². The van der Waals surface area contributed by atoms with E-state index in [0.717, 1.165) is 11.3 Å². The molecule has 9 heteroatoms. The maximum atomic E-state index is 12.3. The Morgan fingerprint density at radius 2 is 1.83 bits per heavy atom. The minimum absolute atomic E-state index is 0.218. The first kappa shape index (κ1) is 16.9. The van der Waals surface area contributed by atoms with E-state index >= 15 is 0 Å². The molecular formula is C15H18N4O3S2. The van der Waals surface area contributed by atoms with Crippen molar-refractivity contribution in [2.75, 3.05) is 37.8 Å². The SMILES string of the molecule is CS(=O)(=O)N1CCN(C(=O)Nc2ccc(-c3cscn3)cc2)CC1. The summed E-state index contributed by atoms with van der Waals surface area (Å²) >= 11 is 1.54. The van der Waals surface area contributed by atoms with Crippen molar-refractivity contribution >= 4 is 33.1 Å². The Kier molecular flexibility index (Phi) is 4.83. The summed E-state index contributed by atoms with van der Waals surface area (Å²) in [5.41, 5.74) is 4.39. The highest BCUT2D eigenvalue weighted by Gasteiger charge is 2.25. The van der Waals surface area contributed by atoms with Crippen molar-refractivity contribution in [1.29, 1.82) is 0 Å². The number of urea groups is 1. The molecule has 0 spiro atoms. The molecule has 1 aromatic heterocycles. The van der Waals surface area contributed by atoms with E-state index in [4.69, 9.17) is 0 Å². The number of anilines is 1. The van der Waals surface area contributed by atoms with Crippen LogP contribution in [0, 0.1) is 0 Å². The van der Waals surface area contributed by atoms with E-state index in [1.54, 1.807) is 10.4 Å². The number of thiazole rings is 1. The Balaban J connectivity index is 1.58. The van der Waals surface area contributed by atoms with Gasteiger partial charge in [-0.15, -0.1) is 11.3 Å². The zero-order chi connectivity index (χ0) is 17.2. The van der Waals surface area contributed by atoms with Gasteiger partial charge in [0, 0.05) is 42.8 Å². The number of hydrogen-bond donors (Lipinski definition) is 1. The van der Waals surface area contributed by atoms with Crippen LogP contribution in [0.25, 0.3) is 11.3 Å². The van der Waals surface area contributed by atoms with Crippen LogP contribution in [0.2, 0.25) is 0 Å². The quantitative estimate of drug-likeness (QED) is 0.900. The monoisotopic (exact) mass is 366 g/mol. The maximum Gasteiger partial charge on any atom is 0.321 e. The number of hydrogen-bond acceptors (Lipinski definition) is 5. The Labute approximate surface area is 145 Å². The molecule has 1 saturated heterocycles. The number of rotatable bonds is 3. The van der Waals surface area contributed by atoms with Gasteiger partial charge in [0.15, 0.2) is 0 Å². The molecule has 128 valence electrons. The van der Waals surface area contributed by atoms with Crippen LogP contribution < -0.4 is 5.32 Å². The molecular weight excluding hydrogens is 348 g/mol. The highest BCUT2D eigenvalue weighted by molar-refractivity contribution is 7.88. The molecule has 2 aromatic rings. The summed E-state index contributed by atoms with van der Waals surface area (Å²) in [5.74, 6) is 0. The van der Waals surface area contributed by atoms with Gasteiger partial charge in [0.2, 0.25) is 10.0 Å². The molecule has 0 radical (unpaired) electrons. The van der Waals surface area contributed by atoms with Crippen LogP contribution in [0.1, 0.15) is 0 Å². The van der Waals surface area contributed by atoms with E-state index < -0.39 is 10.0 Å². The fraction of sp³-hybridized carbons (Fsp3) is 0.333. The van der Waals surface area contributed by atoms with E-state index in [-0.39, 0.29) is 6.03 Å². The van der Waals surface area contributed by atoms with Crippen molar-refractivity contribution in [2.45, 2.75) is 0 Å².